The van der Waals surface area contributed by atoms with E-state index in [2.05, 4.69) is 0 Å². The lowest BCUT2D eigenvalue weighted by molar-refractivity contribution is 0.198. The van der Waals surface area contributed by atoms with Crippen LogP contribution >= 0.6 is 0 Å². The number of halogens is 1. The van der Waals surface area contributed by atoms with E-state index in [9.17, 15) is 9.50 Å². The smallest absolute Gasteiger partial charge is 0.127 e. The number of hydrogen-bond acceptors (Lipinski definition) is 1. The Hall–Kier alpha value is -0.890. The van der Waals surface area contributed by atoms with Gasteiger partial charge in [0.2, 0.25) is 0 Å². The van der Waals surface area contributed by atoms with Crippen molar-refractivity contribution in [3.05, 3.63) is 35.1 Å². The third-order valence-electron chi connectivity index (χ3n) is 2.13. The predicted octanol–water partition coefficient (Wildman–Crippen LogP) is 3.00. The van der Waals surface area contributed by atoms with Gasteiger partial charge in [-0.1, -0.05) is 26.0 Å². The van der Waals surface area contributed by atoms with Crippen molar-refractivity contribution in [2.24, 2.45) is 0 Å². The molecule has 0 saturated carbocycles. The van der Waals surface area contributed by atoms with Crippen LogP contribution in [0.4, 0.5) is 4.39 Å². The van der Waals surface area contributed by atoms with E-state index in [1.807, 2.05) is 13.8 Å². The maximum absolute atomic E-state index is 13.4. The van der Waals surface area contributed by atoms with Gasteiger partial charge in [0.1, 0.15) is 5.82 Å². The maximum Gasteiger partial charge on any atom is 0.127 e. The van der Waals surface area contributed by atoms with Crippen LogP contribution in [0.2, 0.25) is 0 Å². The molecule has 2 heteroatoms. The fourth-order valence-electron chi connectivity index (χ4n) is 1.27. The van der Waals surface area contributed by atoms with E-state index in [0.717, 1.165) is 0 Å². The van der Waals surface area contributed by atoms with Crippen LogP contribution in [-0.4, -0.2) is 5.11 Å². The Morgan fingerprint density at radius 2 is 1.85 bits per heavy atom. The highest BCUT2D eigenvalue weighted by Gasteiger charge is 2.08. The molecule has 1 aromatic rings. The summed E-state index contributed by atoms with van der Waals surface area (Å²) in [4.78, 5) is 0. The molecule has 0 bridgehead atoms. The molecule has 0 saturated heterocycles. The van der Waals surface area contributed by atoms with Crippen LogP contribution < -0.4 is 0 Å². The Bertz CT molecular complexity index is 292. The molecule has 0 aliphatic carbocycles. The molecule has 1 nitrogen and oxygen atoms in total. The van der Waals surface area contributed by atoms with E-state index in [1.54, 1.807) is 19.1 Å². The zero-order chi connectivity index (χ0) is 10.0. The first-order valence-corrected chi connectivity index (χ1v) is 4.49. The minimum absolute atomic E-state index is 0.183. The van der Waals surface area contributed by atoms with Crippen LogP contribution in [0.25, 0.3) is 0 Å². The number of hydrogen-bond donors (Lipinski definition) is 1. The Labute approximate surface area is 78.2 Å². The monoisotopic (exact) mass is 182 g/mol. The first-order chi connectivity index (χ1) is 6.02. The van der Waals surface area contributed by atoms with Gasteiger partial charge in [0.25, 0.3) is 0 Å². The molecule has 0 aliphatic heterocycles. The molecule has 1 aromatic carbocycles. The topological polar surface area (TPSA) is 20.2 Å². The number of rotatable bonds is 2. The van der Waals surface area contributed by atoms with E-state index in [0.29, 0.717) is 11.1 Å². The van der Waals surface area contributed by atoms with Crippen LogP contribution in [0.1, 0.15) is 43.9 Å². The molecule has 0 heterocycles. The van der Waals surface area contributed by atoms with Crippen molar-refractivity contribution < 1.29 is 9.50 Å². The van der Waals surface area contributed by atoms with E-state index in [4.69, 9.17) is 0 Å². The highest BCUT2D eigenvalue weighted by Crippen LogP contribution is 2.21. The fourth-order valence-corrected chi connectivity index (χ4v) is 1.27. The third kappa shape index (κ3) is 2.28. The van der Waals surface area contributed by atoms with Crippen molar-refractivity contribution in [2.45, 2.75) is 32.8 Å². The van der Waals surface area contributed by atoms with Gasteiger partial charge in [-0.05, 0) is 30.0 Å². The predicted molar refractivity (Wildman–Crippen MR) is 51.1 cm³/mol. The van der Waals surface area contributed by atoms with Crippen LogP contribution in [-0.2, 0) is 0 Å². The summed E-state index contributed by atoms with van der Waals surface area (Å²) in [6.07, 6.45) is -0.601. The van der Waals surface area contributed by atoms with E-state index < -0.39 is 6.10 Å². The lowest BCUT2D eigenvalue weighted by Gasteiger charge is -2.10. The number of aliphatic hydroxyl groups excluding tert-OH is 1. The van der Waals surface area contributed by atoms with Crippen molar-refractivity contribution >= 4 is 0 Å². The average molecular weight is 182 g/mol. The summed E-state index contributed by atoms with van der Waals surface area (Å²) in [7, 11) is 0. The number of aliphatic hydroxyl groups is 1. The van der Waals surface area contributed by atoms with E-state index in [-0.39, 0.29) is 11.7 Å². The molecule has 0 aromatic heterocycles. The van der Waals surface area contributed by atoms with Crippen molar-refractivity contribution in [2.75, 3.05) is 0 Å². The first-order valence-electron chi connectivity index (χ1n) is 4.49. The van der Waals surface area contributed by atoms with Crippen molar-refractivity contribution in [3.63, 3.8) is 0 Å². The molecule has 0 aliphatic rings. The second-order valence-corrected chi connectivity index (χ2v) is 3.61. The molecule has 0 fully saturated rings. The molecule has 1 N–H and O–H groups in total. The van der Waals surface area contributed by atoms with Crippen LogP contribution in [0.15, 0.2) is 18.2 Å². The summed E-state index contributed by atoms with van der Waals surface area (Å²) in [6.45, 7) is 5.52. The van der Waals surface area contributed by atoms with Crippen LogP contribution in [0, 0.1) is 5.82 Å². The highest BCUT2D eigenvalue weighted by atomic mass is 19.1. The van der Waals surface area contributed by atoms with Gasteiger partial charge in [0.15, 0.2) is 0 Å². The second-order valence-electron chi connectivity index (χ2n) is 3.61. The van der Waals surface area contributed by atoms with Crippen molar-refractivity contribution in [1.82, 2.24) is 0 Å². The van der Waals surface area contributed by atoms with Crippen molar-refractivity contribution in [1.29, 1.82) is 0 Å². The highest BCUT2D eigenvalue weighted by molar-refractivity contribution is 5.27. The minimum atomic E-state index is -0.601. The normalized spacial score (nSPS) is 13.4. The SMILES string of the molecule is CC(C)c1ccc([C@H](C)O)cc1F. The first kappa shape index (κ1) is 10.2. The summed E-state index contributed by atoms with van der Waals surface area (Å²) in [5.74, 6) is -0.0450. The summed E-state index contributed by atoms with van der Waals surface area (Å²) >= 11 is 0. The quantitative estimate of drug-likeness (QED) is 0.745. The Balaban J connectivity index is 3.06. The molecule has 0 radical (unpaired) electrons. The minimum Gasteiger partial charge on any atom is -0.389 e. The van der Waals surface area contributed by atoms with E-state index >= 15 is 0 Å². The summed E-state index contributed by atoms with van der Waals surface area (Å²) in [6, 6.07) is 4.91. The molecule has 1 rings (SSSR count). The molecule has 0 spiro atoms. The third-order valence-corrected chi connectivity index (χ3v) is 2.13. The zero-order valence-electron chi connectivity index (χ0n) is 8.21. The maximum atomic E-state index is 13.4. The van der Waals surface area contributed by atoms with Crippen LogP contribution in [0.5, 0.6) is 0 Å². The van der Waals surface area contributed by atoms with Crippen molar-refractivity contribution in [3.8, 4) is 0 Å². The molecular formula is C11H15FO. The van der Waals surface area contributed by atoms with Gasteiger partial charge >= 0.3 is 0 Å². The van der Waals surface area contributed by atoms with Gasteiger partial charge in [-0.25, -0.2) is 4.39 Å². The molecular weight excluding hydrogens is 167 g/mol. The molecule has 0 unspecified atom stereocenters. The van der Waals surface area contributed by atoms with Crippen LogP contribution in [0.3, 0.4) is 0 Å². The second kappa shape index (κ2) is 3.88. The number of benzene rings is 1. The molecule has 1 atom stereocenters. The summed E-state index contributed by atoms with van der Waals surface area (Å²) in [5.41, 5.74) is 1.33. The largest absolute Gasteiger partial charge is 0.389 e. The molecule has 0 amide bonds. The Morgan fingerprint density at radius 1 is 1.23 bits per heavy atom. The van der Waals surface area contributed by atoms with Gasteiger partial charge in [-0.3, -0.25) is 0 Å². The van der Waals surface area contributed by atoms with Gasteiger partial charge in [-0.2, -0.15) is 0 Å². The zero-order valence-corrected chi connectivity index (χ0v) is 8.21. The Kier molecular flexibility index (Phi) is 3.04. The fraction of sp³-hybridized carbons (Fsp3) is 0.455. The van der Waals surface area contributed by atoms with E-state index in [1.165, 1.54) is 6.07 Å². The Morgan fingerprint density at radius 3 is 2.23 bits per heavy atom. The lowest BCUT2D eigenvalue weighted by Crippen LogP contribution is -1.97. The summed E-state index contributed by atoms with van der Waals surface area (Å²) < 4.78 is 13.4. The molecule has 13 heavy (non-hydrogen) atoms. The average Bonchev–Trinajstić information content (AvgIpc) is 2.03. The molecule has 72 valence electrons. The van der Waals surface area contributed by atoms with Gasteiger partial charge < -0.3 is 5.11 Å². The van der Waals surface area contributed by atoms with Gasteiger partial charge in [-0.15, -0.1) is 0 Å². The lowest BCUT2D eigenvalue weighted by atomic mass is 9.99. The van der Waals surface area contributed by atoms with Gasteiger partial charge in [0, 0.05) is 0 Å². The summed E-state index contributed by atoms with van der Waals surface area (Å²) in [5, 5.41) is 9.21. The standard InChI is InChI=1S/C11H15FO/c1-7(2)10-5-4-9(8(3)13)6-11(10)12/h4-8,13H,1-3H3/t8-/m0/s1. The van der Waals surface area contributed by atoms with Gasteiger partial charge in [0.05, 0.1) is 6.10 Å².